The number of nitrogens with one attached hydrogen (secondary N) is 1. The van der Waals surface area contributed by atoms with E-state index in [1.807, 2.05) is 12.1 Å². The molecule has 1 aliphatic rings. The number of hydrogen-bond donors (Lipinski definition) is 2. The Morgan fingerprint density at radius 3 is 2.62 bits per heavy atom. The standard InChI is InChI=1S/C19H23NO/c1-14(5-6-15-7-11-19(21)12-8-15)20-18-10-9-16-3-2-4-17(16)13-18/h7-14,20-21H,2-6H2,1H3. The summed E-state index contributed by atoms with van der Waals surface area (Å²) in [4.78, 5) is 0. The number of anilines is 1. The van der Waals surface area contributed by atoms with Crippen molar-refractivity contribution in [1.82, 2.24) is 0 Å². The third-order valence-electron chi connectivity index (χ3n) is 4.31. The van der Waals surface area contributed by atoms with Crippen molar-refractivity contribution in [2.75, 3.05) is 5.32 Å². The molecule has 3 rings (SSSR count). The largest absolute Gasteiger partial charge is 0.508 e. The van der Waals surface area contributed by atoms with Crippen LogP contribution in [0, 0.1) is 0 Å². The molecule has 2 heteroatoms. The summed E-state index contributed by atoms with van der Waals surface area (Å²) >= 11 is 0. The van der Waals surface area contributed by atoms with Crippen LogP contribution in [-0.2, 0) is 19.3 Å². The van der Waals surface area contributed by atoms with E-state index in [1.54, 1.807) is 12.1 Å². The van der Waals surface area contributed by atoms with Crippen molar-refractivity contribution in [2.24, 2.45) is 0 Å². The maximum absolute atomic E-state index is 9.29. The molecule has 1 unspecified atom stereocenters. The van der Waals surface area contributed by atoms with Gasteiger partial charge in [0.25, 0.3) is 0 Å². The lowest BCUT2D eigenvalue weighted by Crippen LogP contribution is -2.16. The molecule has 2 N–H and O–H groups in total. The second-order valence-corrected chi connectivity index (χ2v) is 6.09. The lowest BCUT2D eigenvalue weighted by Gasteiger charge is -2.16. The van der Waals surface area contributed by atoms with Gasteiger partial charge in [0, 0.05) is 11.7 Å². The van der Waals surface area contributed by atoms with E-state index in [2.05, 4.69) is 30.4 Å². The van der Waals surface area contributed by atoms with Crippen LogP contribution in [0.3, 0.4) is 0 Å². The van der Waals surface area contributed by atoms with Crippen molar-refractivity contribution in [3.8, 4) is 5.75 Å². The third-order valence-corrected chi connectivity index (χ3v) is 4.31. The lowest BCUT2D eigenvalue weighted by molar-refractivity contribution is 0.475. The average molecular weight is 281 g/mol. The van der Waals surface area contributed by atoms with Gasteiger partial charge in [0.05, 0.1) is 0 Å². The molecule has 2 aromatic rings. The molecule has 0 aliphatic heterocycles. The Labute approximate surface area is 126 Å². The molecule has 1 aliphatic carbocycles. The van der Waals surface area contributed by atoms with Crippen LogP contribution in [-0.4, -0.2) is 11.1 Å². The van der Waals surface area contributed by atoms with Crippen LogP contribution in [0.25, 0.3) is 0 Å². The van der Waals surface area contributed by atoms with Gasteiger partial charge >= 0.3 is 0 Å². The Bertz CT molecular complexity index is 603. The minimum Gasteiger partial charge on any atom is -0.508 e. The number of benzene rings is 2. The predicted octanol–water partition coefficient (Wildman–Crippen LogP) is 4.31. The zero-order valence-electron chi connectivity index (χ0n) is 12.6. The molecule has 0 heterocycles. The third kappa shape index (κ3) is 3.57. The van der Waals surface area contributed by atoms with E-state index >= 15 is 0 Å². The van der Waals surface area contributed by atoms with Gasteiger partial charge in [0.1, 0.15) is 5.75 Å². The predicted molar refractivity (Wildman–Crippen MR) is 88.0 cm³/mol. The van der Waals surface area contributed by atoms with Crippen LogP contribution in [0.4, 0.5) is 5.69 Å². The Kier molecular flexibility index (Phi) is 4.14. The van der Waals surface area contributed by atoms with Gasteiger partial charge in [-0.15, -0.1) is 0 Å². The van der Waals surface area contributed by atoms with Crippen molar-refractivity contribution >= 4 is 5.69 Å². The molecular weight excluding hydrogens is 258 g/mol. The average Bonchev–Trinajstić information content (AvgIpc) is 2.94. The van der Waals surface area contributed by atoms with Gasteiger partial charge in [0.15, 0.2) is 0 Å². The number of aromatic hydroxyl groups is 1. The second kappa shape index (κ2) is 6.21. The van der Waals surface area contributed by atoms with E-state index in [0.29, 0.717) is 11.8 Å². The fourth-order valence-electron chi connectivity index (χ4n) is 3.06. The minimum absolute atomic E-state index is 0.336. The van der Waals surface area contributed by atoms with Gasteiger partial charge in [-0.05, 0) is 80.0 Å². The van der Waals surface area contributed by atoms with Crippen LogP contribution in [0.15, 0.2) is 42.5 Å². The first-order chi connectivity index (χ1) is 10.2. The molecule has 110 valence electrons. The van der Waals surface area contributed by atoms with Gasteiger partial charge in [-0.3, -0.25) is 0 Å². The highest BCUT2D eigenvalue weighted by Gasteiger charge is 2.11. The van der Waals surface area contributed by atoms with E-state index in [4.69, 9.17) is 0 Å². The summed E-state index contributed by atoms with van der Waals surface area (Å²) in [6, 6.07) is 14.8. The summed E-state index contributed by atoms with van der Waals surface area (Å²) in [6.45, 7) is 2.23. The van der Waals surface area contributed by atoms with Crippen LogP contribution in [0.1, 0.15) is 36.5 Å². The van der Waals surface area contributed by atoms with E-state index in [0.717, 1.165) is 12.8 Å². The SMILES string of the molecule is CC(CCc1ccc(O)cc1)Nc1ccc2c(c1)CCC2. The summed E-state index contributed by atoms with van der Waals surface area (Å²) in [5, 5.41) is 12.9. The Morgan fingerprint density at radius 2 is 1.81 bits per heavy atom. The van der Waals surface area contributed by atoms with E-state index < -0.39 is 0 Å². The highest BCUT2D eigenvalue weighted by molar-refractivity contribution is 5.50. The van der Waals surface area contributed by atoms with Crippen molar-refractivity contribution in [3.05, 3.63) is 59.2 Å². The van der Waals surface area contributed by atoms with Crippen molar-refractivity contribution in [1.29, 1.82) is 0 Å². The molecule has 0 radical (unpaired) electrons. The molecular formula is C19H23NO. The summed E-state index contributed by atoms with van der Waals surface area (Å²) in [7, 11) is 0. The molecule has 0 amide bonds. The molecule has 0 spiro atoms. The number of rotatable bonds is 5. The van der Waals surface area contributed by atoms with Gasteiger partial charge in [-0.1, -0.05) is 18.2 Å². The summed E-state index contributed by atoms with van der Waals surface area (Å²) in [6.07, 6.45) is 5.88. The van der Waals surface area contributed by atoms with Crippen molar-refractivity contribution in [3.63, 3.8) is 0 Å². The summed E-state index contributed by atoms with van der Waals surface area (Å²) in [5.74, 6) is 0.336. The van der Waals surface area contributed by atoms with Gasteiger partial charge in [0.2, 0.25) is 0 Å². The van der Waals surface area contributed by atoms with Crippen LogP contribution >= 0.6 is 0 Å². The lowest BCUT2D eigenvalue weighted by atomic mass is 10.0. The molecule has 21 heavy (non-hydrogen) atoms. The highest BCUT2D eigenvalue weighted by Crippen LogP contribution is 2.25. The smallest absolute Gasteiger partial charge is 0.115 e. The van der Waals surface area contributed by atoms with Crippen molar-refractivity contribution in [2.45, 2.75) is 45.1 Å². The quantitative estimate of drug-likeness (QED) is 0.855. The Morgan fingerprint density at radius 1 is 1.05 bits per heavy atom. The Balaban J connectivity index is 1.54. The van der Waals surface area contributed by atoms with Gasteiger partial charge in [-0.25, -0.2) is 0 Å². The molecule has 0 saturated carbocycles. The molecule has 0 fully saturated rings. The summed E-state index contributed by atoms with van der Waals surface area (Å²) < 4.78 is 0. The van der Waals surface area contributed by atoms with Crippen LogP contribution in [0.5, 0.6) is 5.75 Å². The second-order valence-electron chi connectivity index (χ2n) is 6.09. The number of phenols is 1. The topological polar surface area (TPSA) is 32.3 Å². The van der Waals surface area contributed by atoms with Gasteiger partial charge in [-0.2, -0.15) is 0 Å². The summed E-state index contributed by atoms with van der Waals surface area (Å²) in [5.41, 5.74) is 5.56. The number of phenolic OH excluding ortho intramolecular Hbond substituents is 1. The fourth-order valence-corrected chi connectivity index (χ4v) is 3.06. The molecule has 2 nitrogen and oxygen atoms in total. The van der Waals surface area contributed by atoms with Gasteiger partial charge < -0.3 is 10.4 Å². The van der Waals surface area contributed by atoms with E-state index in [9.17, 15) is 5.11 Å². The molecule has 1 atom stereocenters. The highest BCUT2D eigenvalue weighted by atomic mass is 16.3. The first-order valence-corrected chi connectivity index (χ1v) is 7.87. The zero-order chi connectivity index (χ0) is 14.7. The monoisotopic (exact) mass is 281 g/mol. The maximum atomic E-state index is 9.29. The van der Waals surface area contributed by atoms with E-state index in [-0.39, 0.29) is 0 Å². The first kappa shape index (κ1) is 14.0. The number of hydrogen-bond acceptors (Lipinski definition) is 2. The first-order valence-electron chi connectivity index (χ1n) is 7.87. The van der Waals surface area contributed by atoms with Crippen molar-refractivity contribution < 1.29 is 5.11 Å². The maximum Gasteiger partial charge on any atom is 0.115 e. The zero-order valence-corrected chi connectivity index (χ0v) is 12.6. The van der Waals surface area contributed by atoms with Crippen LogP contribution in [0.2, 0.25) is 0 Å². The molecule has 0 aromatic heterocycles. The molecule has 0 saturated heterocycles. The number of fused-ring (bicyclic) bond motifs is 1. The fraction of sp³-hybridized carbons (Fsp3) is 0.368. The molecule has 0 bridgehead atoms. The Hall–Kier alpha value is -1.96. The number of aryl methyl sites for hydroxylation is 3. The molecule has 2 aromatic carbocycles. The van der Waals surface area contributed by atoms with Crippen LogP contribution < -0.4 is 5.32 Å². The normalized spacial score (nSPS) is 14.7. The minimum atomic E-state index is 0.336. The van der Waals surface area contributed by atoms with E-state index in [1.165, 1.54) is 41.6 Å².